The summed E-state index contributed by atoms with van der Waals surface area (Å²) >= 11 is 4.24. The van der Waals surface area contributed by atoms with Crippen molar-refractivity contribution in [3.05, 3.63) is 11.4 Å². The summed E-state index contributed by atoms with van der Waals surface area (Å²) in [7, 11) is 2.09. The molecule has 12 heavy (non-hydrogen) atoms. The normalized spacial score (nSPS) is 23.0. The van der Waals surface area contributed by atoms with Crippen LogP contribution >= 0.6 is 12.6 Å². The van der Waals surface area contributed by atoms with E-state index in [2.05, 4.69) is 40.0 Å². The molecular formula is C7H12N4S. The number of hydrogen-bond donors (Lipinski definition) is 2. The first kappa shape index (κ1) is 7.94. The third kappa shape index (κ3) is 1.19. The van der Waals surface area contributed by atoms with E-state index in [4.69, 9.17) is 0 Å². The Morgan fingerprint density at radius 2 is 2.58 bits per heavy atom. The van der Waals surface area contributed by atoms with Gasteiger partial charge in [0.1, 0.15) is 6.34 Å². The van der Waals surface area contributed by atoms with Crippen molar-refractivity contribution in [1.82, 2.24) is 15.2 Å². The van der Waals surface area contributed by atoms with Gasteiger partial charge >= 0.3 is 0 Å². The molecule has 0 aromatic rings. The van der Waals surface area contributed by atoms with Gasteiger partial charge in [-0.3, -0.25) is 10.3 Å². The van der Waals surface area contributed by atoms with Crippen molar-refractivity contribution < 1.29 is 0 Å². The van der Waals surface area contributed by atoms with E-state index in [-0.39, 0.29) is 0 Å². The minimum Gasteiger partial charge on any atom is -0.318 e. The van der Waals surface area contributed by atoms with E-state index in [9.17, 15) is 0 Å². The lowest BCUT2D eigenvalue weighted by Crippen LogP contribution is -2.28. The van der Waals surface area contributed by atoms with Crippen LogP contribution in [0, 0.1) is 0 Å². The Bertz CT molecular complexity index is 248. The maximum Gasteiger partial charge on any atom is 0.117 e. The number of rotatable bonds is 1. The molecule has 2 aliphatic rings. The molecule has 0 unspecified atom stereocenters. The fourth-order valence-electron chi connectivity index (χ4n) is 1.48. The van der Waals surface area contributed by atoms with E-state index in [0.717, 1.165) is 24.7 Å². The predicted molar refractivity (Wildman–Crippen MR) is 51.8 cm³/mol. The Balaban J connectivity index is 2.26. The lowest BCUT2D eigenvalue weighted by atomic mass is 10.3. The van der Waals surface area contributed by atoms with E-state index in [1.165, 1.54) is 5.70 Å². The zero-order valence-corrected chi connectivity index (χ0v) is 7.88. The number of thiol groups is 1. The average molecular weight is 184 g/mol. The molecule has 1 fully saturated rings. The lowest BCUT2D eigenvalue weighted by molar-refractivity contribution is 0.364. The van der Waals surface area contributed by atoms with Gasteiger partial charge in [0, 0.05) is 12.3 Å². The lowest BCUT2D eigenvalue weighted by Gasteiger charge is -2.20. The van der Waals surface area contributed by atoms with E-state index < -0.39 is 0 Å². The molecule has 0 aromatic carbocycles. The van der Waals surface area contributed by atoms with Crippen molar-refractivity contribution in [3.8, 4) is 0 Å². The molecule has 0 atom stereocenters. The Hall–Kier alpha value is -0.680. The molecule has 0 spiro atoms. The van der Waals surface area contributed by atoms with Crippen molar-refractivity contribution in [3.63, 3.8) is 0 Å². The molecule has 0 amide bonds. The predicted octanol–water partition coefficient (Wildman–Crippen LogP) is -0.121. The van der Waals surface area contributed by atoms with E-state index >= 15 is 0 Å². The number of likely N-dealkylation sites (N-methyl/N-ethyl adjacent to an activating group) is 1. The van der Waals surface area contributed by atoms with Crippen LogP contribution in [0.15, 0.2) is 16.5 Å². The molecule has 2 rings (SSSR count). The summed E-state index contributed by atoms with van der Waals surface area (Å²) in [6, 6.07) is 0. The second-order valence-electron chi connectivity index (χ2n) is 3.07. The molecule has 5 heteroatoms. The SMILES string of the molecule is CN1CC2=C(CS)NN=CN2C1. The molecule has 0 aromatic heterocycles. The van der Waals surface area contributed by atoms with Gasteiger partial charge in [0.15, 0.2) is 0 Å². The van der Waals surface area contributed by atoms with Gasteiger partial charge in [-0.05, 0) is 7.05 Å². The summed E-state index contributed by atoms with van der Waals surface area (Å²) in [5.74, 6) is 0.719. The number of nitrogens with one attached hydrogen (secondary N) is 1. The quantitative estimate of drug-likeness (QED) is 0.557. The molecular weight excluding hydrogens is 172 g/mol. The topological polar surface area (TPSA) is 30.9 Å². The maximum absolute atomic E-state index is 4.24. The Kier molecular flexibility index (Phi) is 1.98. The van der Waals surface area contributed by atoms with Crippen LogP contribution in [-0.4, -0.2) is 42.2 Å². The van der Waals surface area contributed by atoms with Crippen molar-refractivity contribution in [2.24, 2.45) is 5.10 Å². The van der Waals surface area contributed by atoms with Crippen LogP contribution in [0.3, 0.4) is 0 Å². The van der Waals surface area contributed by atoms with Crippen LogP contribution in [0.2, 0.25) is 0 Å². The fourth-order valence-corrected chi connectivity index (χ4v) is 1.74. The molecule has 1 saturated heterocycles. The van der Waals surface area contributed by atoms with Gasteiger partial charge in [-0.15, -0.1) is 0 Å². The highest BCUT2D eigenvalue weighted by Crippen LogP contribution is 2.18. The second kappa shape index (κ2) is 2.99. The summed E-state index contributed by atoms with van der Waals surface area (Å²) in [5, 5.41) is 4.02. The fraction of sp³-hybridized carbons (Fsp3) is 0.571. The van der Waals surface area contributed by atoms with E-state index in [1.54, 1.807) is 0 Å². The van der Waals surface area contributed by atoms with Gasteiger partial charge in [-0.2, -0.15) is 17.7 Å². The first-order valence-electron chi connectivity index (χ1n) is 3.88. The van der Waals surface area contributed by atoms with Crippen LogP contribution in [0.1, 0.15) is 0 Å². The smallest absolute Gasteiger partial charge is 0.117 e. The third-order valence-electron chi connectivity index (χ3n) is 2.06. The standard InChI is InChI=1S/C7H12N4S/c1-10-2-7-6(3-12)9-8-4-11(7)5-10/h4,9,12H,2-3,5H2,1H3. The molecule has 1 N–H and O–H groups in total. The summed E-state index contributed by atoms with van der Waals surface area (Å²) in [5.41, 5.74) is 5.37. The van der Waals surface area contributed by atoms with Gasteiger partial charge < -0.3 is 4.90 Å². The minimum atomic E-state index is 0.719. The zero-order chi connectivity index (χ0) is 8.55. The highest BCUT2D eigenvalue weighted by molar-refractivity contribution is 7.80. The monoisotopic (exact) mass is 184 g/mol. The summed E-state index contributed by atoms with van der Waals surface area (Å²) in [6.45, 7) is 1.91. The van der Waals surface area contributed by atoms with Gasteiger partial charge in [0.2, 0.25) is 0 Å². The Labute approximate surface area is 77.3 Å². The molecule has 4 nitrogen and oxygen atoms in total. The van der Waals surface area contributed by atoms with Gasteiger partial charge in [-0.25, -0.2) is 0 Å². The molecule has 0 aliphatic carbocycles. The summed E-state index contributed by atoms with van der Waals surface area (Å²) < 4.78 is 0. The summed E-state index contributed by atoms with van der Waals surface area (Å²) in [6.07, 6.45) is 1.83. The van der Waals surface area contributed by atoms with Crippen molar-refractivity contribution in [1.29, 1.82) is 0 Å². The number of fused-ring (bicyclic) bond motifs is 1. The minimum absolute atomic E-state index is 0.719. The Morgan fingerprint density at radius 1 is 1.75 bits per heavy atom. The average Bonchev–Trinajstić information content (AvgIpc) is 2.44. The van der Waals surface area contributed by atoms with Crippen LogP contribution < -0.4 is 5.43 Å². The van der Waals surface area contributed by atoms with Crippen LogP contribution in [-0.2, 0) is 0 Å². The van der Waals surface area contributed by atoms with Crippen molar-refractivity contribution >= 4 is 19.0 Å². The molecule has 2 aliphatic heterocycles. The maximum atomic E-state index is 4.24. The highest BCUT2D eigenvalue weighted by atomic mass is 32.1. The van der Waals surface area contributed by atoms with Crippen LogP contribution in [0.4, 0.5) is 0 Å². The largest absolute Gasteiger partial charge is 0.318 e. The van der Waals surface area contributed by atoms with Crippen LogP contribution in [0.25, 0.3) is 0 Å². The van der Waals surface area contributed by atoms with Gasteiger partial charge in [0.05, 0.1) is 18.1 Å². The van der Waals surface area contributed by atoms with E-state index in [0.29, 0.717) is 0 Å². The van der Waals surface area contributed by atoms with Crippen LogP contribution in [0.5, 0.6) is 0 Å². The number of hydrogen-bond acceptors (Lipinski definition) is 5. The Morgan fingerprint density at radius 3 is 3.33 bits per heavy atom. The second-order valence-corrected chi connectivity index (χ2v) is 3.38. The molecule has 66 valence electrons. The molecule has 0 saturated carbocycles. The van der Waals surface area contributed by atoms with E-state index in [1.807, 2.05) is 6.34 Å². The third-order valence-corrected chi connectivity index (χ3v) is 2.38. The highest BCUT2D eigenvalue weighted by Gasteiger charge is 2.24. The first-order valence-corrected chi connectivity index (χ1v) is 4.52. The van der Waals surface area contributed by atoms with Crippen molar-refractivity contribution in [2.45, 2.75) is 0 Å². The van der Waals surface area contributed by atoms with Gasteiger partial charge in [-0.1, -0.05) is 0 Å². The van der Waals surface area contributed by atoms with Gasteiger partial charge in [0.25, 0.3) is 0 Å². The molecule has 0 bridgehead atoms. The molecule has 2 heterocycles. The molecule has 0 radical (unpaired) electrons. The number of hydrazone groups is 1. The van der Waals surface area contributed by atoms with Crippen molar-refractivity contribution in [2.75, 3.05) is 26.0 Å². The zero-order valence-electron chi connectivity index (χ0n) is 6.99. The summed E-state index contributed by atoms with van der Waals surface area (Å²) in [4.78, 5) is 4.37. The first-order chi connectivity index (χ1) is 5.81. The number of nitrogens with zero attached hydrogens (tertiary/aromatic N) is 3.